The largest absolute Gasteiger partial charge is 0.454 e. The number of rotatable bonds is 4. The average molecular weight is 374 g/mol. The van der Waals surface area contributed by atoms with Crippen molar-refractivity contribution in [3.05, 3.63) is 65.5 Å². The molecule has 140 valence electrons. The van der Waals surface area contributed by atoms with Crippen LogP contribution in [-0.4, -0.2) is 32.1 Å². The van der Waals surface area contributed by atoms with Gasteiger partial charge in [0.2, 0.25) is 6.79 Å². The second-order valence-corrected chi connectivity index (χ2v) is 6.82. The molecule has 0 fully saturated rings. The van der Waals surface area contributed by atoms with Crippen LogP contribution in [0.1, 0.15) is 21.7 Å². The Hall–Kier alpha value is -3.61. The van der Waals surface area contributed by atoms with Gasteiger partial charge in [0.05, 0.1) is 5.52 Å². The first-order valence-corrected chi connectivity index (χ1v) is 9.02. The first-order valence-electron chi connectivity index (χ1n) is 9.02. The third kappa shape index (κ3) is 2.55. The Morgan fingerprint density at radius 2 is 1.89 bits per heavy atom. The number of carbonyl (C=O) groups is 1. The Morgan fingerprint density at radius 1 is 1.07 bits per heavy atom. The molecule has 7 heteroatoms. The van der Waals surface area contributed by atoms with Crippen LogP contribution in [0.2, 0.25) is 0 Å². The van der Waals surface area contributed by atoms with Gasteiger partial charge in [-0.1, -0.05) is 17.3 Å². The van der Waals surface area contributed by atoms with E-state index in [-0.39, 0.29) is 19.1 Å². The molecule has 0 atom stereocenters. The first kappa shape index (κ1) is 16.6. The lowest BCUT2D eigenvalue weighted by atomic mass is 10.1. The van der Waals surface area contributed by atoms with E-state index in [2.05, 4.69) is 14.9 Å². The number of para-hydroxylation sites is 1. The third-order valence-corrected chi connectivity index (χ3v) is 5.06. The summed E-state index contributed by atoms with van der Waals surface area (Å²) in [6.07, 6.45) is 0. The smallest absolute Gasteiger partial charge is 0.231 e. The van der Waals surface area contributed by atoms with Crippen LogP contribution in [0.15, 0.2) is 48.5 Å². The molecule has 0 radical (unpaired) electrons. The summed E-state index contributed by atoms with van der Waals surface area (Å²) in [5.74, 6) is 1.45. The summed E-state index contributed by atoms with van der Waals surface area (Å²) in [6, 6.07) is 15.3. The van der Waals surface area contributed by atoms with Crippen molar-refractivity contribution in [2.45, 2.75) is 20.4 Å². The van der Waals surface area contributed by atoms with Crippen molar-refractivity contribution in [3.8, 4) is 17.2 Å². The van der Waals surface area contributed by atoms with E-state index in [1.165, 1.54) is 0 Å². The van der Waals surface area contributed by atoms with Gasteiger partial charge < -0.3 is 14.0 Å². The minimum absolute atomic E-state index is 0.00394. The minimum Gasteiger partial charge on any atom is -0.454 e. The van der Waals surface area contributed by atoms with E-state index in [1.54, 1.807) is 4.68 Å². The topological polar surface area (TPSA) is 71.2 Å². The number of carbonyl (C=O) groups excluding carboxylic acids is 1. The molecule has 28 heavy (non-hydrogen) atoms. The van der Waals surface area contributed by atoms with Gasteiger partial charge in [-0.3, -0.25) is 4.79 Å². The predicted molar refractivity (Wildman–Crippen MR) is 103 cm³/mol. The van der Waals surface area contributed by atoms with Crippen LogP contribution in [0, 0.1) is 13.8 Å². The molecular weight excluding hydrogens is 356 g/mol. The van der Waals surface area contributed by atoms with E-state index in [4.69, 9.17) is 9.47 Å². The molecule has 0 unspecified atom stereocenters. The molecule has 2 aromatic heterocycles. The summed E-state index contributed by atoms with van der Waals surface area (Å²) >= 11 is 0. The standard InChI is InChI=1S/C21H18N4O3/c1-13-9-16(19(26)11-24-18-6-4-3-5-17(18)22-23-24)14(2)25(13)15-7-8-20-21(10-15)28-12-27-20/h3-10H,11-12H2,1-2H3. The Kier molecular flexibility index (Phi) is 3.68. The fourth-order valence-electron chi connectivity index (χ4n) is 3.72. The summed E-state index contributed by atoms with van der Waals surface area (Å²) in [5, 5.41) is 8.25. The monoisotopic (exact) mass is 374 g/mol. The van der Waals surface area contributed by atoms with Gasteiger partial charge in [-0.25, -0.2) is 4.68 Å². The van der Waals surface area contributed by atoms with E-state index >= 15 is 0 Å². The molecule has 2 aromatic carbocycles. The zero-order valence-corrected chi connectivity index (χ0v) is 15.5. The molecule has 0 spiro atoms. The number of fused-ring (bicyclic) bond motifs is 2. The summed E-state index contributed by atoms with van der Waals surface area (Å²) in [7, 11) is 0. The quantitative estimate of drug-likeness (QED) is 0.512. The van der Waals surface area contributed by atoms with Gasteiger partial charge in [0.25, 0.3) is 0 Å². The Bertz CT molecular complexity index is 1220. The van der Waals surface area contributed by atoms with E-state index in [0.29, 0.717) is 11.3 Å². The van der Waals surface area contributed by atoms with Crippen molar-refractivity contribution in [1.82, 2.24) is 19.6 Å². The van der Waals surface area contributed by atoms with Gasteiger partial charge in [0, 0.05) is 28.7 Å². The van der Waals surface area contributed by atoms with E-state index in [0.717, 1.165) is 33.9 Å². The van der Waals surface area contributed by atoms with Crippen molar-refractivity contribution < 1.29 is 14.3 Å². The number of hydrogen-bond donors (Lipinski definition) is 0. The molecule has 0 bridgehead atoms. The lowest BCUT2D eigenvalue weighted by molar-refractivity contribution is 0.0968. The SMILES string of the molecule is Cc1cc(C(=O)Cn2nnc3ccccc32)c(C)n1-c1ccc2c(c1)OCO2. The summed E-state index contributed by atoms with van der Waals surface area (Å²) in [4.78, 5) is 13.0. The van der Waals surface area contributed by atoms with Crippen molar-refractivity contribution in [1.29, 1.82) is 0 Å². The van der Waals surface area contributed by atoms with Crippen LogP contribution in [0.4, 0.5) is 0 Å². The Balaban J connectivity index is 1.49. The van der Waals surface area contributed by atoms with Gasteiger partial charge in [-0.05, 0) is 44.2 Å². The summed E-state index contributed by atoms with van der Waals surface area (Å²) in [6.45, 7) is 4.31. The van der Waals surface area contributed by atoms with Crippen LogP contribution < -0.4 is 9.47 Å². The van der Waals surface area contributed by atoms with E-state index in [9.17, 15) is 4.79 Å². The lowest BCUT2D eigenvalue weighted by Crippen LogP contribution is -2.12. The van der Waals surface area contributed by atoms with Crippen molar-refractivity contribution >= 4 is 16.8 Å². The molecule has 5 rings (SSSR count). The van der Waals surface area contributed by atoms with Gasteiger partial charge in [-0.15, -0.1) is 5.10 Å². The second-order valence-electron chi connectivity index (χ2n) is 6.82. The molecule has 0 saturated heterocycles. The van der Waals surface area contributed by atoms with Crippen molar-refractivity contribution in [2.24, 2.45) is 0 Å². The molecule has 7 nitrogen and oxygen atoms in total. The Labute approximate surface area is 161 Å². The van der Waals surface area contributed by atoms with Crippen LogP contribution in [-0.2, 0) is 6.54 Å². The molecule has 1 aliphatic heterocycles. The van der Waals surface area contributed by atoms with E-state index in [1.807, 2.05) is 62.4 Å². The van der Waals surface area contributed by atoms with Gasteiger partial charge in [0.15, 0.2) is 17.3 Å². The summed E-state index contributed by atoms with van der Waals surface area (Å²) in [5.41, 5.74) is 5.09. The van der Waals surface area contributed by atoms with E-state index < -0.39 is 0 Å². The molecule has 1 aliphatic rings. The summed E-state index contributed by atoms with van der Waals surface area (Å²) < 4.78 is 14.6. The zero-order valence-electron chi connectivity index (χ0n) is 15.5. The number of hydrogen-bond acceptors (Lipinski definition) is 5. The van der Waals surface area contributed by atoms with Crippen LogP contribution >= 0.6 is 0 Å². The fraction of sp³-hybridized carbons (Fsp3) is 0.190. The number of nitrogens with zero attached hydrogens (tertiary/aromatic N) is 4. The molecule has 0 N–H and O–H groups in total. The number of ether oxygens (including phenoxy) is 2. The fourth-order valence-corrected chi connectivity index (χ4v) is 3.72. The Morgan fingerprint density at radius 3 is 2.79 bits per heavy atom. The maximum atomic E-state index is 13.0. The highest BCUT2D eigenvalue weighted by atomic mass is 16.7. The maximum Gasteiger partial charge on any atom is 0.231 e. The highest BCUT2D eigenvalue weighted by Crippen LogP contribution is 2.35. The first-order chi connectivity index (χ1) is 13.6. The lowest BCUT2D eigenvalue weighted by Gasteiger charge is -2.11. The number of Topliss-reactive ketones (excluding diaryl/α,β-unsaturated/α-hetero) is 1. The number of ketones is 1. The average Bonchev–Trinajstić information content (AvgIpc) is 3.39. The number of aryl methyl sites for hydroxylation is 1. The van der Waals surface area contributed by atoms with Gasteiger partial charge in [-0.2, -0.15) is 0 Å². The number of benzene rings is 2. The molecule has 3 heterocycles. The van der Waals surface area contributed by atoms with Crippen LogP contribution in [0.5, 0.6) is 11.5 Å². The molecule has 0 amide bonds. The van der Waals surface area contributed by atoms with Crippen LogP contribution in [0.25, 0.3) is 16.7 Å². The van der Waals surface area contributed by atoms with Crippen molar-refractivity contribution in [2.75, 3.05) is 6.79 Å². The molecule has 0 saturated carbocycles. The van der Waals surface area contributed by atoms with Gasteiger partial charge >= 0.3 is 0 Å². The predicted octanol–water partition coefficient (Wildman–Crippen LogP) is 3.45. The van der Waals surface area contributed by atoms with Crippen molar-refractivity contribution in [3.63, 3.8) is 0 Å². The van der Waals surface area contributed by atoms with Crippen LogP contribution in [0.3, 0.4) is 0 Å². The minimum atomic E-state index is -0.00394. The van der Waals surface area contributed by atoms with Gasteiger partial charge in [0.1, 0.15) is 12.1 Å². The third-order valence-electron chi connectivity index (χ3n) is 5.06. The second kappa shape index (κ2) is 6.23. The number of aromatic nitrogens is 4. The molecular formula is C21H18N4O3. The zero-order chi connectivity index (χ0) is 19.3. The molecule has 0 aliphatic carbocycles. The molecule has 4 aromatic rings. The normalized spacial score (nSPS) is 12.6. The highest BCUT2D eigenvalue weighted by Gasteiger charge is 2.20. The highest BCUT2D eigenvalue weighted by molar-refractivity contribution is 5.98. The maximum absolute atomic E-state index is 13.0.